The van der Waals surface area contributed by atoms with E-state index in [0.29, 0.717) is 0 Å². The molecule has 0 spiro atoms. The van der Waals surface area contributed by atoms with Crippen LogP contribution in [0.2, 0.25) is 0 Å². The molecular formula is C12H15NO7. The van der Waals surface area contributed by atoms with Gasteiger partial charge in [-0.05, 0) is 6.42 Å². The molecule has 0 saturated carbocycles. The number of nitrogens with one attached hydrogen (secondary N) is 1. The van der Waals surface area contributed by atoms with Crippen molar-refractivity contribution in [2.75, 3.05) is 27.9 Å². The van der Waals surface area contributed by atoms with Gasteiger partial charge in [0.2, 0.25) is 0 Å². The van der Waals surface area contributed by atoms with Crippen molar-refractivity contribution in [2.24, 2.45) is 0 Å². The number of H-pyrrole nitrogens is 1. The lowest BCUT2D eigenvalue weighted by atomic mass is 10.1. The van der Waals surface area contributed by atoms with Crippen LogP contribution < -0.4 is 0 Å². The molecular weight excluding hydrogens is 270 g/mol. The first-order valence-electron chi connectivity index (χ1n) is 5.61. The van der Waals surface area contributed by atoms with Gasteiger partial charge in [0.15, 0.2) is 0 Å². The fourth-order valence-corrected chi connectivity index (χ4v) is 1.76. The zero-order valence-electron chi connectivity index (χ0n) is 11.3. The second-order valence-electron chi connectivity index (χ2n) is 3.76. The van der Waals surface area contributed by atoms with Crippen LogP contribution in [0.3, 0.4) is 0 Å². The van der Waals surface area contributed by atoms with E-state index in [1.54, 1.807) is 0 Å². The van der Waals surface area contributed by atoms with Crippen molar-refractivity contribution in [3.05, 3.63) is 22.5 Å². The van der Waals surface area contributed by atoms with Gasteiger partial charge in [-0.25, -0.2) is 14.4 Å². The Balaban J connectivity index is 3.48. The van der Waals surface area contributed by atoms with Crippen LogP contribution in [0.1, 0.15) is 36.9 Å². The van der Waals surface area contributed by atoms with Crippen molar-refractivity contribution in [3.8, 4) is 0 Å². The SMILES string of the molecule is COCCc1c(C(=O)OC)[nH]c(C(=O)O)c1C(=O)OC. The molecule has 1 aromatic heterocycles. The minimum absolute atomic E-state index is 0.0950. The van der Waals surface area contributed by atoms with E-state index in [1.807, 2.05) is 0 Å². The van der Waals surface area contributed by atoms with Gasteiger partial charge >= 0.3 is 17.9 Å². The second kappa shape index (κ2) is 6.71. The summed E-state index contributed by atoms with van der Waals surface area (Å²) in [5.41, 5.74) is -0.508. The van der Waals surface area contributed by atoms with E-state index in [-0.39, 0.29) is 29.8 Å². The van der Waals surface area contributed by atoms with E-state index in [4.69, 9.17) is 9.84 Å². The van der Waals surface area contributed by atoms with Crippen molar-refractivity contribution < 1.29 is 33.7 Å². The van der Waals surface area contributed by atoms with Crippen LogP contribution in [0.4, 0.5) is 0 Å². The largest absolute Gasteiger partial charge is 0.477 e. The summed E-state index contributed by atoms with van der Waals surface area (Å²) in [5.74, 6) is -2.99. The molecule has 0 atom stereocenters. The molecule has 0 bridgehead atoms. The monoisotopic (exact) mass is 285 g/mol. The average Bonchev–Trinajstić information content (AvgIpc) is 2.82. The summed E-state index contributed by atoms with van der Waals surface area (Å²) < 4.78 is 14.0. The van der Waals surface area contributed by atoms with Crippen molar-refractivity contribution in [2.45, 2.75) is 6.42 Å². The molecule has 0 fully saturated rings. The number of rotatable bonds is 6. The molecule has 8 nitrogen and oxygen atoms in total. The van der Waals surface area contributed by atoms with Crippen LogP contribution >= 0.6 is 0 Å². The average molecular weight is 285 g/mol. The molecule has 0 unspecified atom stereocenters. The van der Waals surface area contributed by atoms with Gasteiger partial charge in [0, 0.05) is 12.7 Å². The summed E-state index contributed by atoms with van der Waals surface area (Å²) in [7, 11) is 3.72. The molecule has 1 rings (SSSR count). The number of methoxy groups -OCH3 is 3. The molecule has 0 aromatic carbocycles. The molecule has 1 heterocycles. The number of hydrogen-bond acceptors (Lipinski definition) is 6. The highest BCUT2D eigenvalue weighted by Gasteiger charge is 2.30. The molecule has 8 heteroatoms. The van der Waals surface area contributed by atoms with Gasteiger partial charge in [-0.1, -0.05) is 0 Å². The Hall–Kier alpha value is -2.35. The lowest BCUT2D eigenvalue weighted by Gasteiger charge is -2.05. The fourth-order valence-electron chi connectivity index (χ4n) is 1.76. The molecule has 0 amide bonds. The summed E-state index contributed by atoms with van der Waals surface area (Å²) in [5, 5.41) is 9.11. The first-order chi connectivity index (χ1) is 9.47. The number of hydrogen-bond donors (Lipinski definition) is 2. The smallest absolute Gasteiger partial charge is 0.354 e. The standard InChI is InChI=1S/C12H15NO7/c1-18-5-4-6-7(11(16)19-2)9(10(14)15)13-8(6)12(17)20-3/h13H,4-5H2,1-3H3,(H,14,15). The maximum Gasteiger partial charge on any atom is 0.354 e. The van der Waals surface area contributed by atoms with Gasteiger partial charge in [-0.15, -0.1) is 0 Å². The summed E-state index contributed by atoms with van der Waals surface area (Å²) >= 11 is 0. The Morgan fingerprint density at radius 2 is 1.65 bits per heavy atom. The highest BCUT2D eigenvalue weighted by molar-refractivity contribution is 6.06. The summed E-state index contributed by atoms with van der Waals surface area (Å²) in [6, 6.07) is 0. The van der Waals surface area contributed by atoms with Gasteiger partial charge in [-0.2, -0.15) is 0 Å². The third-order valence-corrected chi connectivity index (χ3v) is 2.65. The third-order valence-electron chi connectivity index (χ3n) is 2.65. The lowest BCUT2D eigenvalue weighted by molar-refractivity contribution is 0.0580. The highest BCUT2D eigenvalue weighted by atomic mass is 16.5. The minimum atomic E-state index is -1.38. The van der Waals surface area contributed by atoms with E-state index in [0.717, 1.165) is 14.2 Å². The Bertz CT molecular complexity index is 532. The predicted octanol–water partition coefficient (Wildman–Crippen LogP) is 0.475. The van der Waals surface area contributed by atoms with Crippen LogP contribution in [0.25, 0.3) is 0 Å². The van der Waals surface area contributed by atoms with Crippen LogP contribution in [-0.2, 0) is 20.6 Å². The first-order valence-corrected chi connectivity index (χ1v) is 5.61. The van der Waals surface area contributed by atoms with Crippen molar-refractivity contribution in [3.63, 3.8) is 0 Å². The maximum atomic E-state index is 11.7. The van der Waals surface area contributed by atoms with Crippen LogP contribution in [0.5, 0.6) is 0 Å². The van der Waals surface area contributed by atoms with Crippen LogP contribution in [-0.4, -0.2) is 55.9 Å². The second-order valence-corrected chi connectivity index (χ2v) is 3.76. The Kier molecular flexibility index (Phi) is 5.27. The Morgan fingerprint density at radius 1 is 1.05 bits per heavy atom. The van der Waals surface area contributed by atoms with Gasteiger partial charge in [0.25, 0.3) is 0 Å². The number of ether oxygens (including phenoxy) is 3. The number of carboxylic acids is 1. The number of aromatic carboxylic acids is 1. The lowest BCUT2D eigenvalue weighted by Crippen LogP contribution is -2.12. The van der Waals surface area contributed by atoms with Crippen molar-refractivity contribution >= 4 is 17.9 Å². The van der Waals surface area contributed by atoms with Crippen molar-refractivity contribution in [1.82, 2.24) is 4.98 Å². The molecule has 0 saturated heterocycles. The van der Waals surface area contributed by atoms with Crippen LogP contribution in [0, 0.1) is 0 Å². The molecule has 0 radical (unpaired) electrons. The Labute approximate surface area is 114 Å². The van der Waals surface area contributed by atoms with Gasteiger partial charge in [0.05, 0.1) is 26.4 Å². The first kappa shape index (κ1) is 15.7. The van der Waals surface area contributed by atoms with E-state index in [2.05, 4.69) is 14.5 Å². The molecule has 0 aliphatic rings. The number of aromatic amines is 1. The van der Waals surface area contributed by atoms with Gasteiger partial charge in [-0.3, -0.25) is 0 Å². The number of carbonyl (C=O) groups excluding carboxylic acids is 2. The Morgan fingerprint density at radius 3 is 2.10 bits per heavy atom. The quantitative estimate of drug-likeness (QED) is 0.730. The normalized spacial score (nSPS) is 10.2. The molecule has 110 valence electrons. The predicted molar refractivity (Wildman–Crippen MR) is 66.0 cm³/mol. The van der Waals surface area contributed by atoms with E-state index in [9.17, 15) is 14.4 Å². The summed E-state index contributed by atoms with van der Waals surface area (Å²) in [6.45, 7) is 0.199. The number of carbonyl (C=O) groups is 3. The molecule has 20 heavy (non-hydrogen) atoms. The molecule has 1 aromatic rings. The fraction of sp³-hybridized carbons (Fsp3) is 0.417. The van der Waals surface area contributed by atoms with E-state index < -0.39 is 23.6 Å². The van der Waals surface area contributed by atoms with Gasteiger partial charge < -0.3 is 24.3 Å². The molecule has 0 aliphatic carbocycles. The minimum Gasteiger partial charge on any atom is -0.477 e. The number of carboxylic acid groups (broad SMARTS) is 1. The number of aromatic nitrogens is 1. The molecule has 0 aliphatic heterocycles. The van der Waals surface area contributed by atoms with Crippen molar-refractivity contribution in [1.29, 1.82) is 0 Å². The van der Waals surface area contributed by atoms with Crippen LogP contribution in [0.15, 0.2) is 0 Å². The third kappa shape index (κ3) is 2.97. The maximum absolute atomic E-state index is 11.7. The topological polar surface area (TPSA) is 115 Å². The number of esters is 2. The highest BCUT2D eigenvalue weighted by Crippen LogP contribution is 2.22. The zero-order valence-corrected chi connectivity index (χ0v) is 11.3. The summed E-state index contributed by atoms with van der Waals surface area (Å²) in [6.07, 6.45) is 0.162. The zero-order chi connectivity index (χ0) is 15.3. The van der Waals surface area contributed by atoms with E-state index >= 15 is 0 Å². The van der Waals surface area contributed by atoms with E-state index in [1.165, 1.54) is 7.11 Å². The summed E-state index contributed by atoms with van der Waals surface area (Å²) in [4.78, 5) is 37.0. The van der Waals surface area contributed by atoms with Gasteiger partial charge in [0.1, 0.15) is 11.4 Å². The molecule has 2 N–H and O–H groups in total.